The summed E-state index contributed by atoms with van der Waals surface area (Å²) < 4.78 is 0. The molecular formula is C12H21N3OS. The van der Waals surface area contributed by atoms with E-state index in [0.717, 1.165) is 32.7 Å². The van der Waals surface area contributed by atoms with Gasteiger partial charge in [-0.15, -0.1) is 0 Å². The van der Waals surface area contributed by atoms with Crippen LogP contribution in [0.2, 0.25) is 0 Å². The molecule has 1 saturated heterocycles. The number of piperazine rings is 1. The molecule has 0 aliphatic carbocycles. The van der Waals surface area contributed by atoms with Crippen molar-refractivity contribution in [1.82, 2.24) is 9.80 Å². The SMILES string of the molecule is NCC(c1ccsc1)N1CCN(CCO)CC1. The van der Waals surface area contributed by atoms with Crippen LogP contribution in [0.3, 0.4) is 0 Å². The number of nitrogens with zero attached hydrogens (tertiary/aromatic N) is 2. The van der Waals surface area contributed by atoms with Gasteiger partial charge >= 0.3 is 0 Å². The van der Waals surface area contributed by atoms with E-state index in [0.29, 0.717) is 12.6 Å². The average Bonchev–Trinajstić information content (AvgIpc) is 2.86. The van der Waals surface area contributed by atoms with E-state index in [4.69, 9.17) is 10.8 Å². The maximum absolute atomic E-state index is 8.92. The molecule has 1 aliphatic heterocycles. The summed E-state index contributed by atoms with van der Waals surface area (Å²) in [4.78, 5) is 4.76. The molecule has 1 fully saturated rings. The third-order valence-corrected chi connectivity index (χ3v) is 4.12. The lowest BCUT2D eigenvalue weighted by atomic mass is 10.1. The van der Waals surface area contributed by atoms with Gasteiger partial charge in [-0.2, -0.15) is 11.3 Å². The number of aliphatic hydroxyl groups is 1. The number of hydrogen-bond donors (Lipinski definition) is 2. The Morgan fingerprint density at radius 2 is 2.12 bits per heavy atom. The van der Waals surface area contributed by atoms with Crippen LogP contribution in [0.1, 0.15) is 11.6 Å². The van der Waals surface area contributed by atoms with Crippen molar-refractivity contribution in [3.05, 3.63) is 22.4 Å². The highest BCUT2D eigenvalue weighted by Crippen LogP contribution is 2.23. The molecule has 96 valence electrons. The van der Waals surface area contributed by atoms with Crippen LogP contribution in [0.4, 0.5) is 0 Å². The molecule has 4 nitrogen and oxygen atoms in total. The maximum Gasteiger partial charge on any atom is 0.0558 e. The minimum absolute atomic E-state index is 0.255. The Hall–Kier alpha value is -0.460. The summed E-state index contributed by atoms with van der Waals surface area (Å²) in [6, 6.07) is 2.53. The van der Waals surface area contributed by atoms with E-state index >= 15 is 0 Å². The summed E-state index contributed by atoms with van der Waals surface area (Å²) in [6.45, 7) is 5.86. The lowest BCUT2D eigenvalue weighted by molar-refractivity contribution is 0.0858. The summed E-state index contributed by atoms with van der Waals surface area (Å²) in [5.41, 5.74) is 7.24. The van der Waals surface area contributed by atoms with Gasteiger partial charge in [0.2, 0.25) is 0 Å². The molecule has 0 spiro atoms. The van der Waals surface area contributed by atoms with Crippen LogP contribution in [0.25, 0.3) is 0 Å². The highest BCUT2D eigenvalue weighted by molar-refractivity contribution is 7.07. The molecule has 3 N–H and O–H groups in total. The van der Waals surface area contributed by atoms with E-state index in [1.165, 1.54) is 5.56 Å². The van der Waals surface area contributed by atoms with Crippen molar-refractivity contribution in [3.8, 4) is 0 Å². The van der Waals surface area contributed by atoms with E-state index in [9.17, 15) is 0 Å². The van der Waals surface area contributed by atoms with Gasteiger partial charge in [-0.05, 0) is 22.4 Å². The molecule has 1 unspecified atom stereocenters. The summed E-state index contributed by atoms with van der Waals surface area (Å²) in [7, 11) is 0. The minimum atomic E-state index is 0.255. The number of aliphatic hydroxyl groups excluding tert-OH is 1. The predicted molar refractivity (Wildman–Crippen MR) is 71.2 cm³/mol. The van der Waals surface area contributed by atoms with Gasteiger partial charge in [0, 0.05) is 45.3 Å². The molecule has 1 aliphatic rings. The molecule has 5 heteroatoms. The molecule has 0 saturated carbocycles. The highest BCUT2D eigenvalue weighted by atomic mass is 32.1. The zero-order valence-corrected chi connectivity index (χ0v) is 10.9. The second kappa shape index (κ2) is 6.47. The Morgan fingerprint density at radius 1 is 1.35 bits per heavy atom. The summed E-state index contributed by atoms with van der Waals surface area (Å²) in [5.74, 6) is 0. The van der Waals surface area contributed by atoms with Crippen LogP contribution in [0.5, 0.6) is 0 Å². The summed E-state index contributed by atoms with van der Waals surface area (Å²) in [6.07, 6.45) is 0. The van der Waals surface area contributed by atoms with Crippen LogP contribution in [0.15, 0.2) is 16.8 Å². The largest absolute Gasteiger partial charge is 0.395 e. The van der Waals surface area contributed by atoms with Gasteiger partial charge in [0.25, 0.3) is 0 Å². The fourth-order valence-corrected chi connectivity index (χ4v) is 3.11. The standard InChI is InChI=1S/C12H21N3OS/c13-9-12(11-1-8-17-10-11)15-4-2-14(3-5-15)6-7-16/h1,8,10,12,16H,2-7,9,13H2. The van der Waals surface area contributed by atoms with E-state index in [2.05, 4.69) is 26.6 Å². The zero-order valence-electron chi connectivity index (χ0n) is 10.1. The Kier molecular flexibility index (Phi) is 4.94. The Bertz CT molecular complexity index is 310. The van der Waals surface area contributed by atoms with Gasteiger partial charge < -0.3 is 10.8 Å². The Balaban J connectivity index is 1.90. The molecule has 0 radical (unpaired) electrons. The molecule has 1 atom stereocenters. The molecule has 0 aromatic carbocycles. The number of hydrogen-bond acceptors (Lipinski definition) is 5. The zero-order chi connectivity index (χ0) is 12.1. The van der Waals surface area contributed by atoms with Crippen molar-refractivity contribution in [1.29, 1.82) is 0 Å². The first kappa shape index (κ1) is 13.0. The van der Waals surface area contributed by atoms with Crippen LogP contribution in [0, 0.1) is 0 Å². The lowest BCUT2D eigenvalue weighted by Crippen LogP contribution is -2.49. The van der Waals surface area contributed by atoms with Gasteiger partial charge in [-0.3, -0.25) is 9.80 Å². The normalized spacial score (nSPS) is 20.6. The second-order valence-corrected chi connectivity index (χ2v) is 5.19. The van der Waals surface area contributed by atoms with E-state index < -0.39 is 0 Å². The summed E-state index contributed by atoms with van der Waals surface area (Å²) >= 11 is 1.73. The molecule has 2 rings (SSSR count). The molecule has 1 aromatic heterocycles. The van der Waals surface area contributed by atoms with Crippen molar-refractivity contribution in [3.63, 3.8) is 0 Å². The molecule has 1 aromatic rings. The molecule has 17 heavy (non-hydrogen) atoms. The number of nitrogens with two attached hydrogens (primary N) is 1. The highest BCUT2D eigenvalue weighted by Gasteiger charge is 2.23. The fourth-order valence-electron chi connectivity index (χ4n) is 2.40. The quantitative estimate of drug-likeness (QED) is 0.797. The maximum atomic E-state index is 8.92. The van der Waals surface area contributed by atoms with Crippen LogP contribution in [-0.4, -0.2) is 60.8 Å². The van der Waals surface area contributed by atoms with Crippen LogP contribution in [-0.2, 0) is 0 Å². The van der Waals surface area contributed by atoms with Gasteiger partial charge in [0.05, 0.1) is 6.61 Å². The van der Waals surface area contributed by atoms with Crippen LogP contribution < -0.4 is 5.73 Å². The Labute approximate surface area is 107 Å². The summed E-state index contributed by atoms with van der Waals surface area (Å²) in [5, 5.41) is 13.2. The van der Waals surface area contributed by atoms with Crippen molar-refractivity contribution in [2.24, 2.45) is 5.73 Å². The smallest absolute Gasteiger partial charge is 0.0558 e. The van der Waals surface area contributed by atoms with Crippen molar-refractivity contribution in [2.45, 2.75) is 6.04 Å². The molecule has 0 amide bonds. The molecule has 2 heterocycles. The first-order valence-corrected chi connectivity index (χ1v) is 7.09. The predicted octanol–water partition coefficient (Wildman–Crippen LogP) is 0.358. The number of thiophene rings is 1. The monoisotopic (exact) mass is 255 g/mol. The fraction of sp³-hybridized carbons (Fsp3) is 0.667. The van der Waals surface area contributed by atoms with Gasteiger partial charge in [0.15, 0.2) is 0 Å². The van der Waals surface area contributed by atoms with Gasteiger partial charge in [-0.1, -0.05) is 0 Å². The van der Waals surface area contributed by atoms with Crippen molar-refractivity contribution in [2.75, 3.05) is 45.9 Å². The topological polar surface area (TPSA) is 52.7 Å². The average molecular weight is 255 g/mol. The first-order chi connectivity index (χ1) is 8.35. The van der Waals surface area contributed by atoms with E-state index in [-0.39, 0.29) is 6.61 Å². The lowest BCUT2D eigenvalue weighted by Gasteiger charge is -2.38. The van der Waals surface area contributed by atoms with Gasteiger partial charge in [0.1, 0.15) is 0 Å². The molecule has 0 bridgehead atoms. The minimum Gasteiger partial charge on any atom is -0.395 e. The van der Waals surface area contributed by atoms with E-state index in [1.54, 1.807) is 11.3 Å². The van der Waals surface area contributed by atoms with Crippen molar-refractivity contribution < 1.29 is 5.11 Å². The Morgan fingerprint density at radius 3 is 2.65 bits per heavy atom. The first-order valence-electron chi connectivity index (χ1n) is 6.14. The number of β-amino-alcohol motifs (C(OH)–C–C–N with tert-alkyl or cyclic N) is 1. The third kappa shape index (κ3) is 3.26. The third-order valence-electron chi connectivity index (χ3n) is 3.42. The van der Waals surface area contributed by atoms with Crippen LogP contribution >= 0.6 is 11.3 Å². The van der Waals surface area contributed by atoms with Crippen molar-refractivity contribution >= 4 is 11.3 Å². The number of rotatable bonds is 5. The molecular weight excluding hydrogens is 234 g/mol. The van der Waals surface area contributed by atoms with E-state index in [1.807, 2.05) is 0 Å². The van der Waals surface area contributed by atoms with Gasteiger partial charge in [-0.25, -0.2) is 0 Å². The second-order valence-electron chi connectivity index (χ2n) is 4.41.